The van der Waals surface area contributed by atoms with Crippen LogP contribution in [0.2, 0.25) is 5.02 Å². The molecule has 0 aliphatic heterocycles. The summed E-state index contributed by atoms with van der Waals surface area (Å²) in [6.45, 7) is 2.01. The van der Waals surface area contributed by atoms with E-state index in [-0.39, 0.29) is 11.9 Å². The average Bonchev–Trinajstić information content (AvgIpc) is 2.82. The zero-order valence-corrected chi connectivity index (χ0v) is 11.6. The van der Waals surface area contributed by atoms with Crippen molar-refractivity contribution in [3.05, 3.63) is 57.2 Å². The Labute approximate surface area is 116 Å². The molecule has 1 aromatic heterocycles. The molecule has 0 aliphatic rings. The Morgan fingerprint density at radius 3 is 2.67 bits per heavy atom. The highest BCUT2D eigenvalue weighted by molar-refractivity contribution is 7.09. The van der Waals surface area contributed by atoms with E-state index < -0.39 is 0 Å². The van der Waals surface area contributed by atoms with Crippen molar-refractivity contribution in [2.24, 2.45) is 0 Å². The smallest absolute Gasteiger partial charge is 0.251 e. The fourth-order valence-electron chi connectivity index (χ4n) is 1.69. The first-order valence-electron chi connectivity index (χ1n) is 5.74. The molecular weight excluding hydrogens is 266 g/mol. The summed E-state index contributed by atoms with van der Waals surface area (Å²) in [7, 11) is 0. The van der Waals surface area contributed by atoms with Gasteiger partial charge in [0.05, 0.1) is 0 Å². The van der Waals surface area contributed by atoms with Gasteiger partial charge in [0.1, 0.15) is 0 Å². The second-order valence-electron chi connectivity index (χ2n) is 4.16. The molecule has 0 bridgehead atoms. The lowest BCUT2D eigenvalue weighted by Crippen LogP contribution is -2.33. The highest BCUT2D eigenvalue weighted by Crippen LogP contribution is 2.12. The standard InChI is InChI=1S/C14H14ClNOS/c1-10(9-13-3-2-8-18-13)16-14(17)11-4-6-12(15)7-5-11/h2-8,10H,9H2,1H3,(H,16,17)/t10-/m0/s1. The predicted octanol–water partition coefficient (Wildman–Crippen LogP) is 3.76. The first-order valence-corrected chi connectivity index (χ1v) is 7.00. The van der Waals surface area contributed by atoms with E-state index in [4.69, 9.17) is 11.6 Å². The van der Waals surface area contributed by atoms with Crippen LogP contribution in [0.3, 0.4) is 0 Å². The van der Waals surface area contributed by atoms with Crippen LogP contribution in [0, 0.1) is 0 Å². The van der Waals surface area contributed by atoms with E-state index in [9.17, 15) is 4.79 Å². The Balaban J connectivity index is 1.92. The molecule has 1 N–H and O–H groups in total. The van der Waals surface area contributed by atoms with Crippen molar-refractivity contribution < 1.29 is 4.79 Å². The van der Waals surface area contributed by atoms with Gasteiger partial charge in [-0.1, -0.05) is 17.7 Å². The number of carbonyl (C=O) groups is 1. The van der Waals surface area contributed by atoms with Gasteiger partial charge in [0.25, 0.3) is 5.91 Å². The first-order chi connectivity index (χ1) is 8.65. The fraction of sp³-hybridized carbons (Fsp3) is 0.214. The van der Waals surface area contributed by atoms with Crippen LogP contribution in [0.15, 0.2) is 41.8 Å². The summed E-state index contributed by atoms with van der Waals surface area (Å²) in [6.07, 6.45) is 0.858. The third-order valence-electron chi connectivity index (χ3n) is 2.57. The van der Waals surface area contributed by atoms with Crippen LogP contribution >= 0.6 is 22.9 Å². The Morgan fingerprint density at radius 1 is 1.33 bits per heavy atom. The predicted molar refractivity (Wildman–Crippen MR) is 76.4 cm³/mol. The molecule has 0 unspecified atom stereocenters. The number of carbonyl (C=O) groups excluding carboxylic acids is 1. The molecule has 0 saturated heterocycles. The Kier molecular flexibility index (Phi) is 4.39. The molecule has 1 heterocycles. The maximum absolute atomic E-state index is 11.9. The summed E-state index contributed by atoms with van der Waals surface area (Å²) in [5.74, 6) is -0.0595. The van der Waals surface area contributed by atoms with Crippen LogP contribution in [-0.2, 0) is 6.42 Å². The zero-order valence-electron chi connectivity index (χ0n) is 10.0. The summed E-state index contributed by atoms with van der Waals surface area (Å²) in [5.41, 5.74) is 0.637. The van der Waals surface area contributed by atoms with Crippen LogP contribution in [0.4, 0.5) is 0 Å². The highest BCUT2D eigenvalue weighted by Gasteiger charge is 2.10. The molecule has 1 aromatic carbocycles. The second kappa shape index (κ2) is 6.03. The Bertz CT molecular complexity index is 507. The number of benzene rings is 1. The SMILES string of the molecule is C[C@@H](Cc1cccs1)NC(=O)c1ccc(Cl)cc1. The van der Waals surface area contributed by atoms with Gasteiger partial charge in [0.15, 0.2) is 0 Å². The third kappa shape index (κ3) is 3.59. The molecule has 0 spiro atoms. The van der Waals surface area contributed by atoms with Crippen LogP contribution in [0.25, 0.3) is 0 Å². The Morgan fingerprint density at radius 2 is 2.06 bits per heavy atom. The molecule has 0 saturated carbocycles. The molecule has 2 aromatic rings. The van der Waals surface area contributed by atoms with Crippen LogP contribution < -0.4 is 5.32 Å². The molecule has 1 amide bonds. The van der Waals surface area contributed by atoms with Crippen molar-refractivity contribution in [2.45, 2.75) is 19.4 Å². The summed E-state index contributed by atoms with van der Waals surface area (Å²) >= 11 is 7.49. The fourth-order valence-corrected chi connectivity index (χ4v) is 2.65. The van der Waals surface area contributed by atoms with Crippen molar-refractivity contribution in [3.63, 3.8) is 0 Å². The number of nitrogens with one attached hydrogen (secondary N) is 1. The van der Waals surface area contributed by atoms with Gasteiger partial charge in [-0.05, 0) is 42.6 Å². The van der Waals surface area contributed by atoms with E-state index in [1.54, 1.807) is 35.6 Å². The normalized spacial score (nSPS) is 12.1. The van der Waals surface area contributed by atoms with E-state index in [1.807, 2.05) is 18.4 Å². The van der Waals surface area contributed by atoms with E-state index in [0.717, 1.165) is 6.42 Å². The quantitative estimate of drug-likeness (QED) is 0.907. The van der Waals surface area contributed by atoms with Crippen molar-refractivity contribution in [1.82, 2.24) is 5.32 Å². The van der Waals surface area contributed by atoms with Gasteiger partial charge in [-0.15, -0.1) is 11.3 Å². The summed E-state index contributed by atoms with van der Waals surface area (Å²) in [5, 5.41) is 5.66. The van der Waals surface area contributed by atoms with Gasteiger partial charge in [-0.2, -0.15) is 0 Å². The molecule has 2 rings (SSSR count). The first kappa shape index (κ1) is 13.1. The van der Waals surface area contributed by atoms with Crippen LogP contribution in [-0.4, -0.2) is 11.9 Å². The third-order valence-corrected chi connectivity index (χ3v) is 3.72. The number of hydrogen-bond donors (Lipinski definition) is 1. The van der Waals surface area contributed by atoms with Crippen molar-refractivity contribution >= 4 is 28.8 Å². The largest absolute Gasteiger partial charge is 0.349 e. The highest BCUT2D eigenvalue weighted by atomic mass is 35.5. The number of thiophene rings is 1. The van der Waals surface area contributed by atoms with E-state index in [2.05, 4.69) is 11.4 Å². The van der Waals surface area contributed by atoms with Crippen molar-refractivity contribution in [3.8, 4) is 0 Å². The number of halogens is 1. The minimum Gasteiger partial charge on any atom is -0.349 e. The molecule has 0 fully saturated rings. The number of amides is 1. The summed E-state index contributed by atoms with van der Waals surface area (Å²) in [6, 6.07) is 11.1. The molecular formula is C14H14ClNOS. The lowest BCUT2D eigenvalue weighted by molar-refractivity contribution is 0.0940. The lowest BCUT2D eigenvalue weighted by Gasteiger charge is -2.12. The monoisotopic (exact) mass is 279 g/mol. The number of hydrogen-bond acceptors (Lipinski definition) is 2. The van der Waals surface area contributed by atoms with Gasteiger partial charge in [0.2, 0.25) is 0 Å². The van der Waals surface area contributed by atoms with E-state index >= 15 is 0 Å². The van der Waals surface area contributed by atoms with E-state index in [1.165, 1.54) is 4.88 Å². The zero-order chi connectivity index (χ0) is 13.0. The maximum atomic E-state index is 11.9. The summed E-state index contributed by atoms with van der Waals surface area (Å²) < 4.78 is 0. The molecule has 2 nitrogen and oxygen atoms in total. The molecule has 4 heteroatoms. The summed E-state index contributed by atoms with van der Waals surface area (Å²) in [4.78, 5) is 13.2. The van der Waals surface area contributed by atoms with Gasteiger partial charge >= 0.3 is 0 Å². The number of rotatable bonds is 4. The minimum absolute atomic E-state index is 0.0595. The topological polar surface area (TPSA) is 29.1 Å². The second-order valence-corrected chi connectivity index (χ2v) is 5.63. The van der Waals surface area contributed by atoms with Crippen LogP contribution in [0.5, 0.6) is 0 Å². The molecule has 0 aliphatic carbocycles. The lowest BCUT2D eigenvalue weighted by atomic mass is 10.1. The van der Waals surface area contributed by atoms with Gasteiger partial charge in [-0.25, -0.2) is 0 Å². The minimum atomic E-state index is -0.0595. The van der Waals surface area contributed by atoms with Gasteiger partial charge < -0.3 is 5.32 Å². The molecule has 94 valence electrons. The van der Waals surface area contributed by atoms with Crippen molar-refractivity contribution in [2.75, 3.05) is 0 Å². The molecule has 18 heavy (non-hydrogen) atoms. The maximum Gasteiger partial charge on any atom is 0.251 e. The van der Waals surface area contributed by atoms with Crippen molar-refractivity contribution in [1.29, 1.82) is 0 Å². The Hall–Kier alpha value is -1.32. The van der Waals surface area contributed by atoms with Gasteiger partial charge in [-0.3, -0.25) is 4.79 Å². The average molecular weight is 280 g/mol. The molecule has 1 atom stereocenters. The molecule has 0 radical (unpaired) electrons. The van der Waals surface area contributed by atoms with E-state index in [0.29, 0.717) is 10.6 Å². The van der Waals surface area contributed by atoms with Gasteiger partial charge in [0, 0.05) is 27.9 Å². The van der Waals surface area contributed by atoms with Crippen LogP contribution in [0.1, 0.15) is 22.2 Å².